The number of fused-ring (bicyclic) bond motifs is 1. The second kappa shape index (κ2) is 9.47. The topological polar surface area (TPSA) is 49.8 Å². The van der Waals surface area contributed by atoms with Crippen LogP contribution in [0.4, 0.5) is 13.2 Å². The summed E-state index contributed by atoms with van der Waals surface area (Å²) in [6.07, 6.45) is -2.17. The lowest BCUT2D eigenvalue weighted by atomic mass is 9.59. The van der Waals surface area contributed by atoms with Gasteiger partial charge in [-0.15, -0.1) is 13.2 Å². The van der Waals surface area contributed by atoms with Crippen LogP contribution in [0.25, 0.3) is 5.57 Å². The van der Waals surface area contributed by atoms with Crippen molar-refractivity contribution in [3.63, 3.8) is 0 Å². The molecule has 0 amide bonds. The Morgan fingerprint density at radius 2 is 1.58 bits per heavy atom. The molecule has 1 saturated heterocycles. The number of halogens is 3. The molecule has 1 N–H and O–H groups in total. The molecule has 3 atom stereocenters. The normalized spacial score (nSPS) is 24.1. The largest absolute Gasteiger partial charge is 0.573 e. The fourth-order valence-corrected chi connectivity index (χ4v) is 5.91. The maximum Gasteiger partial charge on any atom is 0.573 e. The molecular formula is C29H26F3NO3. The van der Waals surface area contributed by atoms with E-state index in [1.165, 1.54) is 12.1 Å². The number of carbonyl (C=O) groups is 1. The maximum atomic E-state index is 13.1. The van der Waals surface area contributed by atoms with Gasteiger partial charge in [0, 0.05) is 31.5 Å². The van der Waals surface area contributed by atoms with E-state index in [1.54, 1.807) is 12.1 Å². The number of rotatable bonds is 6. The molecule has 1 aliphatic carbocycles. The van der Waals surface area contributed by atoms with E-state index in [4.69, 9.17) is 0 Å². The molecule has 0 bridgehead atoms. The number of carboxylic acids is 1. The van der Waals surface area contributed by atoms with E-state index in [0.717, 1.165) is 16.7 Å². The lowest BCUT2D eigenvalue weighted by Gasteiger charge is -2.42. The molecule has 1 heterocycles. The summed E-state index contributed by atoms with van der Waals surface area (Å²) < 4.78 is 41.9. The Bertz CT molecular complexity index is 1240. The smallest absolute Gasteiger partial charge is 0.481 e. The molecule has 0 saturated carbocycles. The van der Waals surface area contributed by atoms with E-state index in [2.05, 4.69) is 15.7 Å². The van der Waals surface area contributed by atoms with Crippen LogP contribution in [0.2, 0.25) is 0 Å². The molecule has 5 rings (SSSR count). The third-order valence-corrected chi connectivity index (χ3v) is 7.39. The van der Waals surface area contributed by atoms with E-state index in [0.29, 0.717) is 31.6 Å². The van der Waals surface area contributed by atoms with E-state index in [9.17, 15) is 23.1 Å². The summed E-state index contributed by atoms with van der Waals surface area (Å²) in [6.45, 7) is 1.55. The van der Waals surface area contributed by atoms with Crippen molar-refractivity contribution in [2.24, 2.45) is 11.3 Å². The van der Waals surface area contributed by atoms with Gasteiger partial charge in [-0.05, 0) is 40.8 Å². The Balaban J connectivity index is 1.54. The Morgan fingerprint density at radius 3 is 2.19 bits per heavy atom. The van der Waals surface area contributed by atoms with Crippen molar-refractivity contribution in [2.45, 2.75) is 25.2 Å². The van der Waals surface area contributed by atoms with Gasteiger partial charge >= 0.3 is 12.3 Å². The highest BCUT2D eigenvalue weighted by Crippen LogP contribution is 2.57. The fraction of sp³-hybridized carbons (Fsp3) is 0.276. The number of hydrogen-bond donors (Lipinski definition) is 1. The molecule has 3 unspecified atom stereocenters. The third kappa shape index (κ3) is 4.63. The van der Waals surface area contributed by atoms with Gasteiger partial charge in [-0.3, -0.25) is 9.69 Å². The van der Waals surface area contributed by atoms with E-state index >= 15 is 0 Å². The van der Waals surface area contributed by atoms with Crippen molar-refractivity contribution < 1.29 is 27.8 Å². The fourth-order valence-electron chi connectivity index (χ4n) is 5.91. The van der Waals surface area contributed by atoms with Crippen LogP contribution in [0.1, 0.15) is 29.0 Å². The van der Waals surface area contributed by atoms with Gasteiger partial charge in [0.25, 0.3) is 0 Å². The summed E-state index contributed by atoms with van der Waals surface area (Å²) in [5, 5.41) is 10.8. The van der Waals surface area contributed by atoms with Crippen LogP contribution in [0.5, 0.6) is 5.75 Å². The first-order chi connectivity index (χ1) is 17.3. The SMILES string of the molecule is O=C(O)C12CN(Cc3ccccc3)CC1C(c1ccc(OC(F)(F)F)cc1)=CCC2c1ccccc1. The van der Waals surface area contributed by atoms with Crippen LogP contribution < -0.4 is 4.74 Å². The first-order valence-corrected chi connectivity index (χ1v) is 11.9. The van der Waals surface area contributed by atoms with Crippen molar-refractivity contribution in [1.82, 2.24) is 4.90 Å². The highest BCUT2D eigenvalue weighted by molar-refractivity contribution is 5.84. The minimum atomic E-state index is -4.77. The molecule has 0 spiro atoms. The first-order valence-electron chi connectivity index (χ1n) is 11.9. The molecule has 3 aromatic carbocycles. The number of hydrogen-bond acceptors (Lipinski definition) is 3. The highest BCUT2D eigenvalue weighted by Gasteiger charge is 2.59. The van der Waals surface area contributed by atoms with Crippen molar-refractivity contribution >= 4 is 11.5 Å². The molecule has 7 heteroatoms. The van der Waals surface area contributed by atoms with Crippen LogP contribution in [0, 0.1) is 11.3 Å². The predicted octanol–water partition coefficient (Wildman–Crippen LogP) is 6.36. The van der Waals surface area contributed by atoms with Gasteiger partial charge in [-0.1, -0.05) is 78.9 Å². The number of carboxylic acid groups (broad SMARTS) is 1. The summed E-state index contributed by atoms with van der Waals surface area (Å²) in [5.41, 5.74) is 2.59. The van der Waals surface area contributed by atoms with Crippen LogP contribution in [0.3, 0.4) is 0 Å². The molecule has 4 nitrogen and oxygen atoms in total. The molecular weight excluding hydrogens is 467 g/mol. The van der Waals surface area contributed by atoms with Gasteiger partial charge < -0.3 is 9.84 Å². The second-order valence-electron chi connectivity index (χ2n) is 9.48. The van der Waals surface area contributed by atoms with Crippen molar-refractivity contribution in [3.05, 3.63) is 108 Å². The van der Waals surface area contributed by atoms with E-state index in [1.807, 2.05) is 60.7 Å². The lowest BCUT2D eigenvalue weighted by Crippen LogP contribution is -2.46. The van der Waals surface area contributed by atoms with Gasteiger partial charge in [0.05, 0.1) is 5.41 Å². The average Bonchev–Trinajstić information content (AvgIpc) is 3.24. The number of ether oxygens (including phenoxy) is 1. The molecule has 1 fully saturated rings. The maximum absolute atomic E-state index is 13.1. The van der Waals surface area contributed by atoms with Crippen molar-refractivity contribution in [1.29, 1.82) is 0 Å². The Morgan fingerprint density at radius 1 is 0.944 bits per heavy atom. The molecule has 3 aromatic rings. The summed E-state index contributed by atoms with van der Waals surface area (Å²) in [5.74, 6) is -1.70. The monoisotopic (exact) mass is 493 g/mol. The van der Waals surface area contributed by atoms with Crippen LogP contribution >= 0.6 is 0 Å². The Labute approximate surface area is 207 Å². The van der Waals surface area contributed by atoms with Crippen LogP contribution in [0.15, 0.2) is 91.0 Å². The Hall–Kier alpha value is -3.58. The molecule has 1 aliphatic heterocycles. The minimum Gasteiger partial charge on any atom is -0.481 e. The predicted molar refractivity (Wildman–Crippen MR) is 130 cm³/mol. The first kappa shape index (κ1) is 24.1. The molecule has 36 heavy (non-hydrogen) atoms. The number of nitrogens with zero attached hydrogens (tertiary/aromatic N) is 1. The quantitative estimate of drug-likeness (QED) is 0.434. The number of allylic oxidation sites excluding steroid dienone is 1. The number of likely N-dealkylation sites (tertiary alicyclic amines) is 1. The summed E-state index contributed by atoms with van der Waals surface area (Å²) in [4.78, 5) is 15.3. The third-order valence-electron chi connectivity index (χ3n) is 7.39. The van der Waals surface area contributed by atoms with Gasteiger partial charge in [0.15, 0.2) is 0 Å². The Kier molecular flexibility index (Phi) is 6.35. The van der Waals surface area contributed by atoms with Gasteiger partial charge in [-0.25, -0.2) is 0 Å². The zero-order chi connectivity index (χ0) is 25.3. The van der Waals surface area contributed by atoms with Gasteiger partial charge in [-0.2, -0.15) is 0 Å². The molecule has 2 aliphatic rings. The number of aliphatic carboxylic acids is 1. The van der Waals surface area contributed by atoms with Gasteiger partial charge in [0.1, 0.15) is 5.75 Å². The lowest BCUT2D eigenvalue weighted by molar-refractivity contribution is -0.274. The van der Waals surface area contributed by atoms with Crippen LogP contribution in [-0.4, -0.2) is 35.4 Å². The average molecular weight is 494 g/mol. The summed E-state index contributed by atoms with van der Waals surface area (Å²) >= 11 is 0. The minimum absolute atomic E-state index is 0.224. The number of alkyl halides is 3. The van der Waals surface area contributed by atoms with Crippen LogP contribution in [-0.2, 0) is 11.3 Å². The molecule has 0 aromatic heterocycles. The van der Waals surface area contributed by atoms with Crippen molar-refractivity contribution in [2.75, 3.05) is 13.1 Å². The molecule has 0 radical (unpaired) electrons. The van der Waals surface area contributed by atoms with Crippen molar-refractivity contribution in [3.8, 4) is 5.75 Å². The summed E-state index contributed by atoms with van der Waals surface area (Å²) in [7, 11) is 0. The highest BCUT2D eigenvalue weighted by atomic mass is 19.4. The standard InChI is InChI=1S/C29H26F3NO3/c30-29(31,32)36-23-13-11-21(12-14-23)24-15-16-25(22-9-5-2-6-10-22)28(27(34)35)19-33(18-26(24)28)17-20-7-3-1-4-8-20/h1-15,25-26H,16-19H2,(H,34,35). The number of benzene rings is 3. The summed E-state index contributed by atoms with van der Waals surface area (Å²) in [6, 6.07) is 25.4. The second-order valence-corrected chi connectivity index (χ2v) is 9.48. The van der Waals surface area contributed by atoms with E-state index < -0.39 is 17.7 Å². The molecule has 186 valence electrons. The zero-order valence-electron chi connectivity index (χ0n) is 19.5. The van der Waals surface area contributed by atoms with Gasteiger partial charge in [0.2, 0.25) is 0 Å². The zero-order valence-corrected chi connectivity index (χ0v) is 19.5. The van der Waals surface area contributed by atoms with E-state index in [-0.39, 0.29) is 17.6 Å².